The van der Waals surface area contributed by atoms with Crippen LogP contribution in [-0.2, 0) is 27.0 Å². The highest BCUT2D eigenvalue weighted by atomic mass is 16.5. The van der Waals surface area contributed by atoms with Crippen molar-refractivity contribution in [1.29, 1.82) is 0 Å². The Morgan fingerprint density at radius 1 is 0.470 bits per heavy atom. The fourth-order valence-electron chi connectivity index (χ4n) is 11.6. The lowest BCUT2D eigenvalue weighted by molar-refractivity contribution is -0.131. The molecule has 1 aliphatic carbocycles. The minimum Gasteiger partial charge on any atom is -0.493 e. The first-order chi connectivity index (χ1) is 40.9. The monoisotopic (exact) mass is 1100 g/mol. The van der Waals surface area contributed by atoms with Crippen LogP contribution in [0.3, 0.4) is 0 Å². The van der Waals surface area contributed by atoms with Gasteiger partial charge in [0.25, 0.3) is 0 Å². The number of aryl methyl sites for hydroxylation is 1. The minimum absolute atomic E-state index is 0.0225. The molecule has 0 aliphatic heterocycles. The number of benzene rings is 9. The van der Waals surface area contributed by atoms with Gasteiger partial charge in [0, 0.05) is 38.5 Å². The van der Waals surface area contributed by atoms with E-state index in [1.165, 1.54) is 27.8 Å². The number of hydrogen-bond acceptors (Lipinski definition) is 8. The quantitative estimate of drug-likeness (QED) is 0.0312. The molecule has 424 valence electrons. The van der Waals surface area contributed by atoms with Crippen LogP contribution in [0.1, 0.15) is 81.7 Å². The third-order valence-electron chi connectivity index (χ3n) is 15.7. The summed E-state index contributed by atoms with van der Waals surface area (Å²) in [5, 5.41) is 10.7. The molecule has 10 heteroatoms. The van der Waals surface area contributed by atoms with Gasteiger partial charge in [0.15, 0.2) is 11.5 Å². The Morgan fingerprint density at radius 3 is 1.31 bits per heavy atom. The Hall–Kier alpha value is -8.80. The van der Waals surface area contributed by atoms with Gasteiger partial charge in [0.05, 0.1) is 25.3 Å². The summed E-state index contributed by atoms with van der Waals surface area (Å²) in [7, 11) is 3.21. The first kappa shape index (κ1) is 58.8. The van der Waals surface area contributed by atoms with Crippen molar-refractivity contribution in [3.8, 4) is 22.6 Å². The summed E-state index contributed by atoms with van der Waals surface area (Å²) in [5.74, 6) is 1.20. The van der Waals surface area contributed by atoms with Gasteiger partial charge in [-0.2, -0.15) is 0 Å². The molecule has 10 nitrogen and oxygen atoms in total. The number of nitrogens with one attached hydrogen (secondary N) is 3. The summed E-state index contributed by atoms with van der Waals surface area (Å²) in [6.07, 6.45) is 3.64. The topological polar surface area (TPSA) is 127 Å². The van der Waals surface area contributed by atoms with E-state index in [1.54, 1.807) is 14.2 Å². The van der Waals surface area contributed by atoms with Gasteiger partial charge in [0.1, 0.15) is 6.61 Å². The average molecular weight is 1100 g/mol. The van der Waals surface area contributed by atoms with Crippen molar-refractivity contribution in [1.82, 2.24) is 20.9 Å². The first-order valence-corrected chi connectivity index (χ1v) is 29.0. The van der Waals surface area contributed by atoms with Crippen LogP contribution >= 0.6 is 0 Å². The van der Waals surface area contributed by atoms with Crippen molar-refractivity contribution in [3.05, 3.63) is 299 Å². The number of fused-ring (bicyclic) bond motifs is 3. The number of nitrogens with zero attached hydrogens (tertiary/aromatic N) is 1. The predicted octanol–water partition coefficient (Wildman–Crippen LogP) is 13.3. The maximum Gasteiger partial charge on any atom is 0.407 e. The van der Waals surface area contributed by atoms with Crippen molar-refractivity contribution < 1.29 is 23.8 Å². The molecule has 83 heavy (non-hydrogen) atoms. The number of amides is 2. The summed E-state index contributed by atoms with van der Waals surface area (Å²) >= 11 is 0. The summed E-state index contributed by atoms with van der Waals surface area (Å²) in [6.45, 7) is 3.36. The Balaban J connectivity index is 0.000000265. The fraction of sp³-hybridized carbons (Fsp3) is 0.233. The average Bonchev–Trinajstić information content (AvgIpc) is 3.64. The molecule has 10 rings (SSSR count). The SMILES string of the molecule is COc1ccc(CCC(=O)N(CCNC(=O)OCC2c3ccccc3-c3ccccc32)CCNC(c2ccccc2)(c2ccccc2)c2ccccc2)cc1OC.NCCCCCNC(c1ccccc1)(c1ccccc1)c1ccccc1. The van der Waals surface area contributed by atoms with Gasteiger partial charge in [-0.15, -0.1) is 0 Å². The number of nitrogens with two attached hydrogens (primary N) is 1. The molecule has 0 radical (unpaired) electrons. The molecule has 0 atom stereocenters. The van der Waals surface area contributed by atoms with E-state index >= 15 is 0 Å². The molecule has 0 fully saturated rings. The molecule has 0 saturated heterocycles. The van der Waals surface area contributed by atoms with Crippen molar-refractivity contribution in [3.63, 3.8) is 0 Å². The van der Waals surface area contributed by atoms with Crippen LogP contribution in [0.25, 0.3) is 11.1 Å². The van der Waals surface area contributed by atoms with Gasteiger partial charge >= 0.3 is 6.09 Å². The highest BCUT2D eigenvalue weighted by Gasteiger charge is 2.37. The van der Waals surface area contributed by atoms with Crippen LogP contribution in [-0.4, -0.2) is 77.0 Å². The lowest BCUT2D eigenvalue weighted by Gasteiger charge is -2.38. The fourth-order valence-corrected chi connectivity index (χ4v) is 11.6. The summed E-state index contributed by atoms with van der Waals surface area (Å²) in [6, 6.07) is 85.7. The second-order valence-corrected chi connectivity index (χ2v) is 20.7. The molecule has 9 aromatic carbocycles. The molecule has 0 saturated carbocycles. The van der Waals surface area contributed by atoms with E-state index < -0.39 is 11.6 Å². The molecular weight excluding hydrogens is 1030 g/mol. The molecule has 2 amide bonds. The smallest absolute Gasteiger partial charge is 0.407 e. The van der Waals surface area contributed by atoms with Gasteiger partial charge in [0.2, 0.25) is 5.91 Å². The molecule has 9 aromatic rings. The third kappa shape index (κ3) is 14.3. The van der Waals surface area contributed by atoms with Crippen LogP contribution in [0.4, 0.5) is 4.79 Å². The number of ether oxygens (including phenoxy) is 3. The second-order valence-electron chi connectivity index (χ2n) is 20.7. The van der Waals surface area contributed by atoms with E-state index in [-0.39, 0.29) is 36.9 Å². The van der Waals surface area contributed by atoms with Crippen LogP contribution in [0.5, 0.6) is 11.5 Å². The maximum atomic E-state index is 14.1. The number of alkyl carbamates (subject to hydrolysis) is 1. The molecular formula is C73H77N5O5. The van der Waals surface area contributed by atoms with Gasteiger partial charge in [-0.05, 0) is 106 Å². The maximum absolute atomic E-state index is 14.1. The second kappa shape index (κ2) is 29.8. The molecule has 0 spiro atoms. The van der Waals surface area contributed by atoms with E-state index in [1.807, 2.05) is 65.6 Å². The zero-order valence-electron chi connectivity index (χ0n) is 47.8. The van der Waals surface area contributed by atoms with E-state index in [4.69, 9.17) is 19.9 Å². The van der Waals surface area contributed by atoms with Crippen LogP contribution in [0, 0.1) is 0 Å². The van der Waals surface area contributed by atoms with Gasteiger partial charge in [-0.1, -0.05) is 243 Å². The Kier molecular flexibility index (Phi) is 21.1. The van der Waals surface area contributed by atoms with Gasteiger partial charge in [-0.3, -0.25) is 15.4 Å². The summed E-state index contributed by atoms with van der Waals surface area (Å²) in [5.41, 5.74) is 17.3. The zero-order chi connectivity index (χ0) is 57.5. The number of rotatable bonds is 26. The van der Waals surface area contributed by atoms with E-state index in [9.17, 15) is 9.59 Å². The first-order valence-electron chi connectivity index (χ1n) is 29.0. The van der Waals surface area contributed by atoms with Crippen molar-refractivity contribution in [2.24, 2.45) is 5.73 Å². The molecule has 1 aliphatic rings. The summed E-state index contributed by atoms with van der Waals surface area (Å²) in [4.78, 5) is 29.0. The van der Waals surface area contributed by atoms with Gasteiger partial charge in [-0.25, -0.2) is 4.79 Å². The number of carbonyl (C=O) groups excluding carboxylic acids is 2. The minimum atomic E-state index is -0.683. The molecule has 0 bridgehead atoms. The standard InChI is InChI=1S/C49H49N3O5.C24H28N2/c1-55-45-28-26-36(34-46(45)56-2)27-29-47(53)52(32-30-50-48(54)57-35-44-42-24-14-12-22-40(42)41-23-13-15-25-43(41)44)33-31-51-49(37-16-6-3-7-17-37,38-18-8-4-9-19-38)39-20-10-5-11-21-39;25-19-11-4-12-20-26-24(21-13-5-1-6-14-21,22-15-7-2-8-16-22)23-17-9-3-10-18-23/h3-26,28,34,44,51H,27,29-33,35H2,1-2H3,(H,50,54);1-3,5-10,13-18,26H,4,11-12,19-20,25H2. The predicted molar refractivity (Wildman–Crippen MR) is 335 cm³/mol. The number of carbonyl (C=O) groups is 2. The highest BCUT2D eigenvalue weighted by molar-refractivity contribution is 5.79. The largest absolute Gasteiger partial charge is 0.493 e. The lowest BCUT2D eigenvalue weighted by Crippen LogP contribution is -2.49. The Morgan fingerprint density at radius 2 is 0.880 bits per heavy atom. The number of hydrogen-bond donors (Lipinski definition) is 4. The van der Waals surface area contributed by atoms with Crippen molar-refractivity contribution >= 4 is 12.0 Å². The van der Waals surface area contributed by atoms with Crippen LogP contribution < -0.4 is 31.2 Å². The normalized spacial score (nSPS) is 11.8. The number of unbranched alkanes of at least 4 members (excludes halogenated alkanes) is 2. The van der Waals surface area contributed by atoms with Gasteiger partial charge < -0.3 is 30.2 Å². The van der Waals surface area contributed by atoms with Crippen LogP contribution in [0.15, 0.2) is 249 Å². The van der Waals surface area contributed by atoms with E-state index in [2.05, 4.69) is 204 Å². The van der Waals surface area contributed by atoms with E-state index in [0.717, 1.165) is 65.7 Å². The van der Waals surface area contributed by atoms with Crippen molar-refractivity contribution in [2.75, 3.05) is 60.1 Å². The molecule has 0 unspecified atom stereocenters. The third-order valence-corrected chi connectivity index (χ3v) is 15.7. The molecule has 0 aromatic heterocycles. The Bertz CT molecular complexity index is 3170. The Labute approximate surface area is 490 Å². The summed E-state index contributed by atoms with van der Waals surface area (Å²) < 4.78 is 16.7. The molecule has 5 N–H and O–H groups in total. The lowest BCUT2D eigenvalue weighted by atomic mass is 9.77. The molecule has 0 heterocycles. The van der Waals surface area contributed by atoms with Crippen molar-refractivity contribution in [2.45, 2.75) is 49.1 Å². The highest BCUT2D eigenvalue weighted by Crippen LogP contribution is 2.45. The van der Waals surface area contributed by atoms with E-state index in [0.29, 0.717) is 37.6 Å². The van der Waals surface area contributed by atoms with Crippen LogP contribution in [0.2, 0.25) is 0 Å². The number of methoxy groups -OCH3 is 2. The zero-order valence-corrected chi connectivity index (χ0v) is 47.8.